The second kappa shape index (κ2) is 7.70. The molecule has 0 saturated carbocycles. The molecular formula is C26H18FN5O2. The van der Waals surface area contributed by atoms with Gasteiger partial charge in [0.15, 0.2) is 0 Å². The van der Waals surface area contributed by atoms with Crippen LogP contribution in [-0.2, 0) is 0 Å². The van der Waals surface area contributed by atoms with Crippen molar-refractivity contribution in [3.05, 3.63) is 79.1 Å². The molecule has 0 spiro atoms. The summed E-state index contributed by atoms with van der Waals surface area (Å²) < 4.78 is 19.4. The number of aromatic amines is 2. The van der Waals surface area contributed by atoms with Gasteiger partial charge in [-0.25, -0.2) is 4.39 Å². The van der Waals surface area contributed by atoms with Crippen molar-refractivity contribution in [2.24, 2.45) is 0 Å². The summed E-state index contributed by atoms with van der Waals surface area (Å²) >= 11 is 0. The molecule has 0 fully saturated rings. The van der Waals surface area contributed by atoms with Gasteiger partial charge in [-0.2, -0.15) is 5.10 Å². The van der Waals surface area contributed by atoms with E-state index >= 15 is 0 Å². The Morgan fingerprint density at radius 3 is 2.56 bits per heavy atom. The normalized spacial score (nSPS) is 11.4. The van der Waals surface area contributed by atoms with E-state index in [4.69, 9.17) is 4.74 Å². The van der Waals surface area contributed by atoms with E-state index in [2.05, 4.69) is 25.1 Å². The lowest BCUT2D eigenvalue weighted by Crippen LogP contribution is -1.88. The summed E-state index contributed by atoms with van der Waals surface area (Å²) in [6, 6.07) is 14.1. The van der Waals surface area contributed by atoms with E-state index in [0.29, 0.717) is 11.3 Å². The molecule has 6 aromatic rings. The van der Waals surface area contributed by atoms with Gasteiger partial charge < -0.3 is 14.8 Å². The molecule has 8 heteroatoms. The number of ether oxygens (including phenoxy) is 1. The average Bonchev–Trinajstić information content (AvgIpc) is 3.47. The van der Waals surface area contributed by atoms with Crippen molar-refractivity contribution < 1.29 is 14.2 Å². The van der Waals surface area contributed by atoms with Gasteiger partial charge in [-0.3, -0.25) is 15.1 Å². The summed E-state index contributed by atoms with van der Waals surface area (Å²) in [5.74, 6) is 0.166. The SMILES string of the molecule is COc1cc(F)cc(-c2cncc3[nH]c(-c4n[nH]c5ccc(-c6cncc(O)c6)cc45)cc23)c1. The van der Waals surface area contributed by atoms with Crippen LogP contribution in [-0.4, -0.2) is 37.4 Å². The Hall–Kier alpha value is -4.72. The van der Waals surface area contributed by atoms with E-state index in [9.17, 15) is 9.50 Å². The minimum Gasteiger partial charge on any atom is -0.506 e. The van der Waals surface area contributed by atoms with Crippen LogP contribution in [0.2, 0.25) is 0 Å². The second-order valence-electron chi connectivity index (χ2n) is 7.98. The molecule has 0 aliphatic rings. The Labute approximate surface area is 192 Å². The molecule has 4 heterocycles. The van der Waals surface area contributed by atoms with Crippen molar-refractivity contribution >= 4 is 21.8 Å². The van der Waals surface area contributed by atoms with Gasteiger partial charge in [-0.1, -0.05) is 6.07 Å². The van der Waals surface area contributed by atoms with Crippen LogP contribution in [0.3, 0.4) is 0 Å². The lowest BCUT2D eigenvalue weighted by molar-refractivity contribution is 0.411. The number of pyridine rings is 2. The quantitative estimate of drug-likeness (QED) is 0.320. The number of aromatic hydroxyl groups is 1. The molecule has 0 aliphatic heterocycles. The Balaban J connectivity index is 1.50. The van der Waals surface area contributed by atoms with Gasteiger partial charge in [0.25, 0.3) is 0 Å². The zero-order valence-electron chi connectivity index (χ0n) is 18.0. The number of hydrogen-bond donors (Lipinski definition) is 3. The van der Waals surface area contributed by atoms with Crippen LogP contribution in [0.25, 0.3) is 55.4 Å². The highest BCUT2D eigenvalue weighted by Gasteiger charge is 2.15. The summed E-state index contributed by atoms with van der Waals surface area (Å²) in [6.45, 7) is 0. The first-order valence-corrected chi connectivity index (χ1v) is 10.5. The summed E-state index contributed by atoms with van der Waals surface area (Å²) in [5.41, 5.74) is 6.38. The number of aromatic nitrogens is 5. The van der Waals surface area contributed by atoms with Crippen LogP contribution < -0.4 is 4.74 Å². The number of halogens is 1. The fourth-order valence-corrected chi connectivity index (χ4v) is 4.23. The number of hydrogen-bond acceptors (Lipinski definition) is 5. The summed E-state index contributed by atoms with van der Waals surface area (Å²) in [4.78, 5) is 11.8. The topological polar surface area (TPSA) is 99.7 Å². The zero-order chi connectivity index (χ0) is 23.2. The lowest BCUT2D eigenvalue weighted by Gasteiger charge is -2.06. The van der Waals surface area contributed by atoms with Crippen LogP contribution in [0.5, 0.6) is 11.5 Å². The number of methoxy groups -OCH3 is 1. The van der Waals surface area contributed by atoms with Gasteiger partial charge in [0.1, 0.15) is 23.0 Å². The highest BCUT2D eigenvalue weighted by Crippen LogP contribution is 2.36. The molecule has 34 heavy (non-hydrogen) atoms. The third-order valence-corrected chi connectivity index (χ3v) is 5.84. The molecule has 6 rings (SSSR count). The highest BCUT2D eigenvalue weighted by molar-refractivity contribution is 6.01. The zero-order valence-corrected chi connectivity index (χ0v) is 18.0. The van der Waals surface area contributed by atoms with Crippen molar-refractivity contribution in [2.75, 3.05) is 7.11 Å². The minimum absolute atomic E-state index is 0.106. The van der Waals surface area contributed by atoms with Crippen LogP contribution in [0, 0.1) is 5.82 Å². The number of rotatable bonds is 4. The maximum atomic E-state index is 14.2. The fourth-order valence-electron chi connectivity index (χ4n) is 4.23. The Bertz CT molecular complexity index is 1690. The molecule has 0 bridgehead atoms. The van der Waals surface area contributed by atoms with Crippen molar-refractivity contribution in [1.29, 1.82) is 0 Å². The molecule has 0 radical (unpaired) electrons. The van der Waals surface area contributed by atoms with E-state index in [0.717, 1.165) is 49.9 Å². The van der Waals surface area contributed by atoms with Crippen molar-refractivity contribution in [3.8, 4) is 45.1 Å². The smallest absolute Gasteiger partial charge is 0.134 e. The molecular weight excluding hydrogens is 433 g/mol. The summed E-state index contributed by atoms with van der Waals surface area (Å²) in [5, 5.41) is 19.2. The van der Waals surface area contributed by atoms with Crippen molar-refractivity contribution in [3.63, 3.8) is 0 Å². The molecule has 4 aromatic heterocycles. The van der Waals surface area contributed by atoms with Crippen LogP contribution in [0.1, 0.15) is 0 Å². The summed E-state index contributed by atoms with van der Waals surface area (Å²) in [6.07, 6.45) is 6.55. The highest BCUT2D eigenvalue weighted by atomic mass is 19.1. The predicted octanol–water partition coefficient (Wildman–Crippen LogP) is 5.69. The average molecular weight is 451 g/mol. The molecule has 166 valence electrons. The Morgan fingerprint density at radius 1 is 0.824 bits per heavy atom. The molecule has 0 saturated heterocycles. The first-order chi connectivity index (χ1) is 16.6. The van der Waals surface area contributed by atoms with Gasteiger partial charge in [-0.15, -0.1) is 0 Å². The first kappa shape index (κ1) is 19.9. The molecule has 0 unspecified atom stereocenters. The first-order valence-electron chi connectivity index (χ1n) is 10.5. The monoisotopic (exact) mass is 451 g/mol. The van der Waals surface area contributed by atoms with E-state index in [-0.39, 0.29) is 11.6 Å². The van der Waals surface area contributed by atoms with Gasteiger partial charge in [0, 0.05) is 40.4 Å². The predicted molar refractivity (Wildman–Crippen MR) is 128 cm³/mol. The molecule has 0 aliphatic carbocycles. The maximum Gasteiger partial charge on any atom is 0.134 e. The lowest BCUT2D eigenvalue weighted by atomic mass is 10.0. The Morgan fingerprint density at radius 2 is 1.71 bits per heavy atom. The molecule has 3 N–H and O–H groups in total. The van der Waals surface area contributed by atoms with Gasteiger partial charge in [0.05, 0.1) is 36.2 Å². The fraction of sp³-hybridized carbons (Fsp3) is 0.0385. The molecule has 0 amide bonds. The van der Waals surface area contributed by atoms with Crippen LogP contribution >= 0.6 is 0 Å². The van der Waals surface area contributed by atoms with Crippen LogP contribution in [0.15, 0.2) is 73.3 Å². The molecule has 0 atom stereocenters. The number of nitrogens with one attached hydrogen (secondary N) is 2. The number of benzene rings is 2. The molecule has 2 aromatic carbocycles. The van der Waals surface area contributed by atoms with Crippen molar-refractivity contribution in [2.45, 2.75) is 0 Å². The minimum atomic E-state index is -0.380. The van der Waals surface area contributed by atoms with E-state index < -0.39 is 0 Å². The van der Waals surface area contributed by atoms with Gasteiger partial charge in [0.2, 0.25) is 0 Å². The Kier molecular flexibility index (Phi) is 4.51. The summed E-state index contributed by atoms with van der Waals surface area (Å²) in [7, 11) is 1.51. The standard InChI is InChI=1S/C26H18FN5O2/c1-34-19-6-15(4-17(27)8-19)22-12-29-13-25-20(22)9-24(30-25)26-21-7-14(2-3-23(21)31-32-26)16-5-18(33)11-28-10-16/h2-13,30,33H,1H3,(H,31,32). The number of nitrogens with zero attached hydrogens (tertiary/aromatic N) is 3. The van der Waals surface area contributed by atoms with E-state index in [1.165, 1.54) is 25.4 Å². The number of fused-ring (bicyclic) bond motifs is 2. The third kappa shape index (κ3) is 3.32. The van der Waals surface area contributed by atoms with E-state index in [1.807, 2.05) is 24.3 Å². The van der Waals surface area contributed by atoms with Gasteiger partial charge >= 0.3 is 0 Å². The number of H-pyrrole nitrogens is 2. The second-order valence-corrected chi connectivity index (χ2v) is 7.98. The maximum absolute atomic E-state index is 14.2. The van der Waals surface area contributed by atoms with Gasteiger partial charge in [-0.05, 0) is 47.5 Å². The van der Waals surface area contributed by atoms with Crippen molar-refractivity contribution in [1.82, 2.24) is 25.1 Å². The molecule has 7 nitrogen and oxygen atoms in total. The third-order valence-electron chi connectivity index (χ3n) is 5.84. The largest absolute Gasteiger partial charge is 0.506 e. The van der Waals surface area contributed by atoms with Crippen LogP contribution in [0.4, 0.5) is 4.39 Å². The van der Waals surface area contributed by atoms with E-state index in [1.54, 1.807) is 30.7 Å².